The number of nitrogens with one attached hydrogen (secondary N) is 1. The van der Waals surface area contributed by atoms with Crippen LogP contribution in [0.25, 0.3) is 0 Å². The van der Waals surface area contributed by atoms with E-state index in [0.29, 0.717) is 6.42 Å². The Hall–Kier alpha value is -2.15. The van der Waals surface area contributed by atoms with Crippen LogP contribution in [0.2, 0.25) is 5.02 Å². The van der Waals surface area contributed by atoms with E-state index in [9.17, 15) is 18.8 Å². The third-order valence-corrected chi connectivity index (χ3v) is 3.75. The minimum Gasteiger partial charge on any atom is -0.444 e. The molecule has 1 N–H and O–H groups in total. The van der Waals surface area contributed by atoms with Gasteiger partial charge in [-0.15, -0.1) is 0 Å². The van der Waals surface area contributed by atoms with Gasteiger partial charge in [-0.1, -0.05) is 18.5 Å². The van der Waals surface area contributed by atoms with E-state index < -0.39 is 23.3 Å². The largest absolute Gasteiger partial charge is 0.444 e. The summed E-state index contributed by atoms with van der Waals surface area (Å²) in [6, 6.07) is 3.49. The lowest BCUT2D eigenvalue weighted by Crippen LogP contribution is -2.42. The van der Waals surface area contributed by atoms with E-state index in [4.69, 9.17) is 16.3 Å². The fraction of sp³-hybridized carbons (Fsp3) is 0.526. The lowest BCUT2D eigenvalue weighted by Gasteiger charge is -2.23. The number of benzene rings is 1. The highest BCUT2D eigenvalue weighted by atomic mass is 35.5. The summed E-state index contributed by atoms with van der Waals surface area (Å²) in [4.78, 5) is 37.8. The number of nitrogens with zero attached hydrogens (tertiary/aromatic N) is 1. The summed E-state index contributed by atoms with van der Waals surface area (Å²) in [7, 11) is 0. The van der Waals surface area contributed by atoms with Gasteiger partial charge in [-0.2, -0.15) is 0 Å². The van der Waals surface area contributed by atoms with E-state index in [1.807, 2.05) is 6.92 Å². The Morgan fingerprint density at radius 2 is 1.93 bits per heavy atom. The molecule has 0 atom stereocenters. The second-order valence-corrected chi connectivity index (χ2v) is 7.45. The molecule has 8 heteroatoms. The summed E-state index contributed by atoms with van der Waals surface area (Å²) >= 11 is 5.92. The zero-order valence-electron chi connectivity index (χ0n) is 16.1. The van der Waals surface area contributed by atoms with Crippen LogP contribution >= 0.6 is 11.6 Å². The molecule has 1 aromatic carbocycles. The molecule has 2 amide bonds. The summed E-state index contributed by atoms with van der Waals surface area (Å²) in [6.45, 7) is 7.16. The van der Waals surface area contributed by atoms with Crippen LogP contribution < -0.4 is 5.32 Å². The van der Waals surface area contributed by atoms with Gasteiger partial charge in [-0.05, 0) is 45.4 Å². The zero-order chi connectivity index (χ0) is 20.6. The van der Waals surface area contributed by atoms with Crippen molar-refractivity contribution < 1.29 is 23.5 Å². The minimum atomic E-state index is -0.628. The summed E-state index contributed by atoms with van der Waals surface area (Å²) in [5.41, 5.74) is -0.482. The molecule has 0 aromatic heterocycles. The molecular formula is C19H26ClFN2O4. The Bertz CT molecular complexity index is 689. The molecule has 0 aliphatic carbocycles. The number of amides is 2. The SMILES string of the molecule is CCCC(=O)N(CCNC(=O)OC(C)(C)C)CC(=O)c1ccc(F)cc1Cl. The molecule has 6 nitrogen and oxygen atoms in total. The van der Waals surface area contributed by atoms with Gasteiger partial charge in [-0.3, -0.25) is 9.59 Å². The van der Waals surface area contributed by atoms with Crippen LogP contribution in [-0.4, -0.2) is 47.9 Å². The Morgan fingerprint density at radius 3 is 2.48 bits per heavy atom. The number of ketones is 1. The lowest BCUT2D eigenvalue weighted by molar-refractivity contribution is -0.130. The molecule has 0 saturated carbocycles. The van der Waals surface area contributed by atoms with E-state index in [1.54, 1.807) is 20.8 Å². The summed E-state index contributed by atoms with van der Waals surface area (Å²) in [5.74, 6) is -1.16. The molecule has 150 valence electrons. The fourth-order valence-electron chi connectivity index (χ4n) is 2.25. The Morgan fingerprint density at radius 1 is 1.26 bits per heavy atom. The van der Waals surface area contributed by atoms with Crippen LogP contribution in [-0.2, 0) is 9.53 Å². The molecule has 27 heavy (non-hydrogen) atoms. The van der Waals surface area contributed by atoms with Gasteiger partial charge >= 0.3 is 6.09 Å². The molecular weight excluding hydrogens is 375 g/mol. The molecule has 1 aromatic rings. The van der Waals surface area contributed by atoms with Gasteiger partial charge in [0, 0.05) is 25.1 Å². The van der Waals surface area contributed by atoms with Crippen molar-refractivity contribution >= 4 is 29.4 Å². The molecule has 0 heterocycles. The predicted molar refractivity (Wildman–Crippen MR) is 101 cm³/mol. The van der Waals surface area contributed by atoms with Gasteiger partial charge in [-0.25, -0.2) is 9.18 Å². The van der Waals surface area contributed by atoms with Crippen LogP contribution in [0.1, 0.15) is 50.9 Å². The highest BCUT2D eigenvalue weighted by molar-refractivity contribution is 6.34. The zero-order valence-corrected chi connectivity index (χ0v) is 16.9. The molecule has 0 fully saturated rings. The van der Waals surface area contributed by atoms with Gasteiger partial charge < -0.3 is 15.0 Å². The molecule has 0 aliphatic heterocycles. The van der Waals surface area contributed by atoms with Crippen molar-refractivity contribution in [3.63, 3.8) is 0 Å². The smallest absolute Gasteiger partial charge is 0.407 e. The number of ether oxygens (including phenoxy) is 1. The number of carbonyl (C=O) groups excluding carboxylic acids is 3. The van der Waals surface area contributed by atoms with E-state index in [1.165, 1.54) is 11.0 Å². The summed E-state index contributed by atoms with van der Waals surface area (Å²) in [5, 5.41) is 2.55. The lowest BCUT2D eigenvalue weighted by atomic mass is 10.1. The molecule has 0 radical (unpaired) electrons. The number of alkyl carbamates (subject to hydrolysis) is 1. The van der Waals surface area contributed by atoms with E-state index >= 15 is 0 Å². The monoisotopic (exact) mass is 400 g/mol. The van der Waals surface area contributed by atoms with E-state index in [-0.39, 0.29) is 42.5 Å². The second-order valence-electron chi connectivity index (χ2n) is 7.04. The number of hydrogen-bond donors (Lipinski definition) is 1. The number of carbonyl (C=O) groups is 3. The average molecular weight is 401 g/mol. The van der Waals surface area contributed by atoms with Crippen molar-refractivity contribution in [1.29, 1.82) is 0 Å². The third-order valence-electron chi connectivity index (χ3n) is 3.43. The van der Waals surface area contributed by atoms with Gasteiger partial charge in [0.05, 0.1) is 11.6 Å². The van der Waals surface area contributed by atoms with Crippen LogP contribution in [0, 0.1) is 5.82 Å². The number of rotatable bonds is 8. The first kappa shape index (κ1) is 22.9. The highest BCUT2D eigenvalue weighted by Gasteiger charge is 2.20. The topological polar surface area (TPSA) is 75.7 Å². The molecule has 0 unspecified atom stereocenters. The first-order valence-corrected chi connectivity index (χ1v) is 9.14. The summed E-state index contributed by atoms with van der Waals surface area (Å²) in [6.07, 6.45) is 0.301. The maximum atomic E-state index is 13.1. The van der Waals surface area contributed by atoms with Gasteiger partial charge in [0.25, 0.3) is 0 Å². The summed E-state index contributed by atoms with van der Waals surface area (Å²) < 4.78 is 18.3. The normalized spacial score (nSPS) is 11.0. The average Bonchev–Trinajstić information content (AvgIpc) is 2.52. The predicted octanol–water partition coefficient (Wildman–Crippen LogP) is 3.82. The molecule has 0 aliphatic rings. The molecule has 0 bridgehead atoms. The number of Topliss-reactive ketones (excluding diaryl/α,β-unsaturated/α-hetero) is 1. The molecule has 0 saturated heterocycles. The van der Waals surface area contributed by atoms with Crippen molar-refractivity contribution in [2.45, 2.75) is 46.1 Å². The van der Waals surface area contributed by atoms with Crippen LogP contribution in [0.5, 0.6) is 0 Å². The molecule has 1 rings (SSSR count). The van der Waals surface area contributed by atoms with Crippen molar-refractivity contribution in [2.75, 3.05) is 19.6 Å². The second kappa shape index (κ2) is 10.3. The van der Waals surface area contributed by atoms with Crippen LogP contribution in [0.4, 0.5) is 9.18 Å². The number of halogens is 2. The Balaban J connectivity index is 2.72. The van der Waals surface area contributed by atoms with Gasteiger partial charge in [0.15, 0.2) is 5.78 Å². The highest BCUT2D eigenvalue weighted by Crippen LogP contribution is 2.18. The van der Waals surface area contributed by atoms with E-state index in [2.05, 4.69) is 5.32 Å². The van der Waals surface area contributed by atoms with Crippen molar-refractivity contribution in [1.82, 2.24) is 10.2 Å². The third kappa shape index (κ3) is 8.39. The van der Waals surface area contributed by atoms with Gasteiger partial charge in [0.1, 0.15) is 11.4 Å². The quantitative estimate of drug-likeness (QED) is 0.673. The fourth-order valence-corrected chi connectivity index (χ4v) is 2.52. The Labute approximate surface area is 164 Å². The van der Waals surface area contributed by atoms with Gasteiger partial charge in [0.2, 0.25) is 5.91 Å². The minimum absolute atomic E-state index is 0.00484. The van der Waals surface area contributed by atoms with Crippen molar-refractivity contribution in [3.05, 3.63) is 34.6 Å². The standard InChI is InChI=1S/C19H26ClFN2O4/c1-5-6-17(25)23(10-9-22-18(26)27-19(2,3)4)12-16(24)14-8-7-13(21)11-15(14)20/h7-8,11H,5-6,9-10,12H2,1-4H3,(H,22,26). The molecule has 0 spiro atoms. The number of hydrogen-bond acceptors (Lipinski definition) is 4. The van der Waals surface area contributed by atoms with E-state index in [0.717, 1.165) is 12.1 Å². The van der Waals surface area contributed by atoms with Crippen LogP contribution in [0.15, 0.2) is 18.2 Å². The first-order valence-electron chi connectivity index (χ1n) is 8.76. The van der Waals surface area contributed by atoms with Crippen molar-refractivity contribution in [3.8, 4) is 0 Å². The Kier molecular flexibility index (Phi) is 8.69. The maximum Gasteiger partial charge on any atom is 0.407 e. The maximum absolute atomic E-state index is 13.1. The van der Waals surface area contributed by atoms with Crippen LogP contribution in [0.3, 0.4) is 0 Å². The van der Waals surface area contributed by atoms with Crippen molar-refractivity contribution in [2.24, 2.45) is 0 Å². The first-order chi connectivity index (χ1) is 12.5.